The number of nitrogens with two attached hydrogens (primary N) is 1. The van der Waals surface area contributed by atoms with E-state index in [2.05, 4.69) is 15.6 Å². The Kier molecular flexibility index (Phi) is 7.58. The van der Waals surface area contributed by atoms with E-state index in [4.69, 9.17) is 17.3 Å². The van der Waals surface area contributed by atoms with E-state index in [1.54, 1.807) is 0 Å². The maximum Gasteiger partial charge on any atom is 0.417 e. The predicted octanol–water partition coefficient (Wildman–Crippen LogP) is 0.960. The van der Waals surface area contributed by atoms with Crippen molar-refractivity contribution in [1.82, 2.24) is 4.98 Å². The van der Waals surface area contributed by atoms with Gasteiger partial charge in [0, 0.05) is 25.4 Å². The van der Waals surface area contributed by atoms with Crippen LogP contribution in [0, 0.1) is 0 Å². The van der Waals surface area contributed by atoms with Gasteiger partial charge in [-0.2, -0.15) is 32.1 Å². The molecule has 0 bridgehead atoms. The molecule has 1 heterocycles. The Labute approximate surface area is 161 Å². The highest BCUT2D eigenvalue weighted by Gasteiger charge is 2.32. The fourth-order valence-corrected chi connectivity index (χ4v) is 2.23. The largest absolute Gasteiger partial charge is 1.00 e. The van der Waals surface area contributed by atoms with Crippen molar-refractivity contribution in [3.8, 4) is 0 Å². The molecule has 0 saturated heterocycles. The summed E-state index contributed by atoms with van der Waals surface area (Å²) >= 11 is 5.74. The molecule has 149 valence electrons. The molecule has 0 aliphatic carbocycles. The molecule has 1 aromatic heterocycles. The van der Waals surface area contributed by atoms with Gasteiger partial charge < -0.3 is 23.0 Å². The highest BCUT2D eigenvalue weighted by Crippen LogP contribution is 2.33. The number of rotatable bonds is 5. The molecule has 1 aromatic carbocycles. The van der Waals surface area contributed by atoms with Crippen LogP contribution in [0.2, 0.25) is 5.02 Å². The van der Waals surface area contributed by atoms with E-state index in [-0.39, 0.29) is 42.0 Å². The molecule has 2 aromatic rings. The predicted molar refractivity (Wildman–Crippen MR) is 84.3 cm³/mol. The van der Waals surface area contributed by atoms with Gasteiger partial charge in [0.15, 0.2) is 0 Å². The molecule has 0 saturated carbocycles. The quantitative estimate of drug-likeness (QED) is 0.374. The van der Waals surface area contributed by atoms with Crippen LogP contribution in [0.4, 0.5) is 43.5 Å². The zero-order valence-corrected chi connectivity index (χ0v) is 14.9. The van der Waals surface area contributed by atoms with Gasteiger partial charge in [-0.25, -0.2) is 4.98 Å². The highest BCUT2D eigenvalue weighted by molar-refractivity contribution is 6.32. The first-order chi connectivity index (χ1) is 12.0. The minimum atomic E-state index is -4.54. The summed E-state index contributed by atoms with van der Waals surface area (Å²) in [7, 11) is 0. The zero-order chi connectivity index (χ0) is 19.5. The van der Waals surface area contributed by atoms with Crippen LogP contribution >= 0.6 is 11.6 Å². The number of nitrogen functional groups attached to an aromatic ring is 1. The third kappa shape index (κ3) is 6.33. The summed E-state index contributed by atoms with van der Waals surface area (Å²) in [6.07, 6.45) is -8.38. The average Bonchev–Trinajstić information content (AvgIpc) is 2.52. The minimum Gasteiger partial charge on any atom is -1.00 e. The molecule has 0 spiro atoms. The molecule has 0 fully saturated rings. The standard InChI is InChI=1S/C15H13ClF6N4.ClH/c16-10-5-9(15(20,21)22)7-26-13(10)25-4-3-24-12-2-1-8(6-11(12)23)14(17,18)19;/h1-2,5-7,24H,3-4,23H2,(H,25,26);1H/q+1;/p-1. The van der Waals surface area contributed by atoms with E-state index < -0.39 is 23.5 Å². The molecule has 0 atom stereocenters. The van der Waals surface area contributed by atoms with E-state index in [0.717, 1.165) is 18.2 Å². The topological polar surface area (TPSA) is 62.2 Å². The Bertz CT molecular complexity index is 714. The number of nitrogens with zero attached hydrogens (tertiary/aromatic N) is 1. The Morgan fingerprint density at radius 1 is 0.926 bits per heavy atom. The summed E-state index contributed by atoms with van der Waals surface area (Å²) in [6.45, 7) is 0.410. The van der Waals surface area contributed by atoms with Crippen LogP contribution < -0.4 is 28.8 Å². The maximum absolute atomic E-state index is 12.6. The lowest BCUT2D eigenvalue weighted by molar-refractivity contribution is -0.254. The molecule has 0 amide bonds. The fourth-order valence-electron chi connectivity index (χ4n) is 2.00. The Morgan fingerprint density at radius 3 is 2.04 bits per heavy atom. The second-order valence-corrected chi connectivity index (χ2v) is 5.61. The molecule has 27 heavy (non-hydrogen) atoms. The number of benzene rings is 1. The second kappa shape index (κ2) is 8.85. The Hall–Kier alpha value is -1.91. The third-order valence-corrected chi connectivity index (χ3v) is 3.57. The summed E-state index contributed by atoms with van der Waals surface area (Å²) in [5.41, 5.74) is 3.96. The number of halogens is 8. The SMILES string of the molecule is [Cl-].[NH2+]c1cc(C(F)(F)F)ccc1NCCNc1ncc(C(F)(F)F)cc1Cl. The molecule has 0 aliphatic heterocycles. The van der Waals surface area contributed by atoms with Gasteiger partial charge in [-0.1, -0.05) is 11.6 Å². The van der Waals surface area contributed by atoms with Crippen LogP contribution in [0.15, 0.2) is 30.5 Å². The summed E-state index contributed by atoms with van der Waals surface area (Å²) in [5.74, 6) is 0.0573. The molecule has 1 radical (unpaired) electrons. The lowest BCUT2D eigenvalue weighted by Crippen LogP contribution is -3.00. The van der Waals surface area contributed by atoms with Crippen LogP contribution in [0.3, 0.4) is 0 Å². The van der Waals surface area contributed by atoms with Crippen LogP contribution in [0.25, 0.3) is 0 Å². The van der Waals surface area contributed by atoms with Crippen molar-refractivity contribution in [3.05, 3.63) is 46.6 Å². The van der Waals surface area contributed by atoms with E-state index in [1.165, 1.54) is 6.07 Å². The van der Waals surface area contributed by atoms with Gasteiger partial charge in [0.1, 0.15) is 11.5 Å². The minimum absolute atomic E-state index is 0. The Morgan fingerprint density at radius 2 is 1.52 bits per heavy atom. The van der Waals surface area contributed by atoms with Gasteiger partial charge in [-0.3, -0.25) is 0 Å². The van der Waals surface area contributed by atoms with Gasteiger partial charge in [0.05, 0.1) is 16.1 Å². The molecule has 4 nitrogen and oxygen atoms in total. The van der Waals surface area contributed by atoms with E-state index >= 15 is 0 Å². The van der Waals surface area contributed by atoms with Crippen LogP contribution in [-0.4, -0.2) is 18.1 Å². The van der Waals surface area contributed by atoms with Gasteiger partial charge in [0.2, 0.25) is 5.69 Å². The Balaban J connectivity index is 0.00000364. The van der Waals surface area contributed by atoms with Crippen molar-refractivity contribution in [2.75, 3.05) is 23.7 Å². The normalized spacial score (nSPS) is 11.7. The van der Waals surface area contributed by atoms with Crippen LogP contribution in [0.1, 0.15) is 11.1 Å². The molecule has 4 N–H and O–H groups in total. The van der Waals surface area contributed by atoms with Crippen molar-refractivity contribution >= 4 is 28.8 Å². The summed E-state index contributed by atoms with van der Waals surface area (Å²) in [6, 6.07) is 3.64. The van der Waals surface area contributed by atoms with E-state index in [1.807, 2.05) is 0 Å². The summed E-state index contributed by atoms with van der Waals surface area (Å²) in [4.78, 5) is 3.60. The number of hydrogen-bond acceptors (Lipinski definition) is 4. The average molecular weight is 434 g/mol. The van der Waals surface area contributed by atoms with E-state index in [0.29, 0.717) is 11.9 Å². The first kappa shape index (κ1) is 23.1. The smallest absolute Gasteiger partial charge is 0.417 e. The van der Waals surface area contributed by atoms with Gasteiger partial charge in [-0.05, 0) is 18.2 Å². The van der Waals surface area contributed by atoms with E-state index in [9.17, 15) is 26.3 Å². The molecule has 2 rings (SSSR count). The molecular formula is C15H13Cl2F6N4. The summed E-state index contributed by atoms with van der Waals surface area (Å²) < 4.78 is 75.2. The molecule has 0 aliphatic rings. The third-order valence-electron chi connectivity index (χ3n) is 3.28. The highest BCUT2D eigenvalue weighted by atomic mass is 35.5. The van der Waals surface area contributed by atoms with Crippen molar-refractivity contribution in [2.45, 2.75) is 12.4 Å². The second-order valence-electron chi connectivity index (χ2n) is 5.21. The molecular weight excluding hydrogens is 421 g/mol. The van der Waals surface area contributed by atoms with Crippen LogP contribution in [0.5, 0.6) is 0 Å². The lowest BCUT2D eigenvalue weighted by Gasteiger charge is -2.12. The van der Waals surface area contributed by atoms with Crippen LogP contribution in [-0.2, 0) is 12.4 Å². The van der Waals surface area contributed by atoms with Crippen molar-refractivity contribution in [2.24, 2.45) is 0 Å². The lowest BCUT2D eigenvalue weighted by atomic mass is 10.1. The van der Waals surface area contributed by atoms with Gasteiger partial charge >= 0.3 is 12.4 Å². The number of aromatic nitrogens is 1. The van der Waals surface area contributed by atoms with Crippen molar-refractivity contribution in [3.63, 3.8) is 0 Å². The first-order valence-electron chi connectivity index (χ1n) is 7.15. The number of nitrogens with one attached hydrogen (secondary N) is 2. The van der Waals surface area contributed by atoms with Crippen molar-refractivity contribution < 1.29 is 44.5 Å². The monoisotopic (exact) mass is 433 g/mol. The van der Waals surface area contributed by atoms with Gasteiger partial charge in [-0.15, -0.1) is 0 Å². The fraction of sp³-hybridized carbons (Fsp3) is 0.267. The number of hydrogen-bond donors (Lipinski definition) is 3. The number of anilines is 3. The van der Waals surface area contributed by atoms with Crippen molar-refractivity contribution in [1.29, 1.82) is 0 Å². The number of pyridine rings is 1. The maximum atomic E-state index is 12.6. The zero-order valence-electron chi connectivity index (χ0n) is 13.3. The molecule has 12 heteroatoms. The van der Waals surface area contributed by atoms with Gasteiger partial charge in [0.25, 0.3) is 0 Å². The molecule has 0 unspecified atom stereocenters. The number of alkyl halides is 6. The summed E-state index contributed by atoms with van der Waals surface area (Å²) in [5, 5.41) is 5.33. The first-order valence-corrected chi connectivity index (χ1v) is 7.53.